The van der Waals surface area contributed by atoms with Crippen LogP contribution in [-0.2, 0) is 9.53 Å². The van der Waals surface area contributed by atoms with Gasteiger partial charge in [-0.1, -0.05) is 18.2 Å². The normalized spacial score (nSPS) is 25.2. The van der Waals surface area contributed by atoms with E-state index in [1.54, 1.807) is 14.0 Å². The first kappa shape index (κ1) is 18.6. The topological polar surface area (TPSA) is 60.0 Å². The van der Waals surface area contributed by atoms with Crippen LogP contribution in [0, 0.1) is 5.92 Å². The number of thiocarbonyl (C=S) groups is 1. The van der Waals surface area contributed by atoms with Gasteiger partial charge in [-0.15, -0.1) is 0 Å². The minimum Gasteiger partial charge on any atom is -0.497 e. The Morgan fingerprint density at radius 3 is 2.71 bits per heavy atom. The summed E-state index contributed by atoms with van der Waals surface area (Å²) < 4.78 is 17.2. The largest absolute Gasteiger partial charge is 0.497 e. The summed E-state index contributed by atoms with van der Waals surface area (Å²) in [5, 5.41) is 3.83. The molecule has 146 valence electrons. The molecule has 6 nitrogen and oxygen atoms in total. The third-order valence-corrected chi connectivity index (χ3v) is 5.56. The van der Waals surface area contributed by atoms with Crippen LogP contribution >= 0.6 is 12.2 Å². The molecule has 0 amide bonds. The third kappa shape index (κ3) is 2.77. The molecule has 1 N–H and O–H groups in total. The number of ether oxygens (including phenoxy) is 3. The fourth-order valence-corrected chi connectivity index (χ4v) is 4.46. The van der Waals surface area contributed by atoms with E-state index >= 15 is 0 Å². The predicted molar refractivity (Wildman–Crippen MR) is 110 cm³/mol. The number of benzene rings is 2. The summed E-state index contributed by atoms with van der Waals surface area (Å²) in [6.07, 6.45) is 0. The number of hydrogen-bond donors (Lipinski definition) is 1. The zero-order chi connectivity index (χ0) is 19.9. The molecule has 28 heavy (non-hydrogen) atoms. The average Bonchev–Trinajstić information content (AvgIpc) is 2.68. The lowest BCUT2D eigenvalue weighted by Gasteiger charge is -2.55. The quantitative estimate of drug-likeness (QED) is 0.625. The molecule has 0 aliphatic carbocycles. The third-order valence-electron chi connectivity index (χ3n) is 5.26. The summed E-state index contributed by atoms with van der Waals surface area (Å²) in [7, 11) is 1.61. The van der Waals surface area contributed by atoms with Gasteiger partial charge in [-0.25, -0.2) is 0 Å². The second-order valence-corrected chi connectivity index (χ2v) is 7.28. The van der Waals surface area contributed by atoms with Crippen molar-refractivity contribution in [3.05, 3.63) is 54.1 Å². The molecular formula is C21H22N2O4S. The first-order valence-corrected chi connectivity index (χ1v) is 9.59. The number of anilines is 1. The van der Waals surface area contributed by atoms with Crippen molar-refractivity contribution < 1.29 is 19.0 Å². The molecule has 2 heterocycles. The number of rotatable bonds is 4. The Balaban J connectivity index is 1.89. The molecule has 0 saturated carbocycles. The molecule has 2 aromatic carbocycles. The summed E-state index contributed by atoms with van der Waals surface area (Å²) in [5.74, 6) is 0.412. The molecule has 0 unspecified atom stereocenters. The highest BCUT2D eigenvalue weighted by Gasteiger charge is 2.59. The lowest BCUT2D eigenvalue weighted by Crippen LogP contribution is -2.71. The summed E-state index contributed by atoms with van der Waals surface area (Å²) in [4.78, 5) is 14.9. The van der Waals surface area contributed by atoms with Crippen molar-refractivity contribution in [2.45, 2.75) is 25.6 Å². The molecule has 0 radical (unpaired) electrons. The van der Waals surface area contributed by atoms with Crippen LogP contribution in [-0.4, -0.2) is 30.5 Å². The van der Waals surface area contributed by atoms with E-state index in [0.29, 0.717) is 23.2 Å². The fraction of sp³-hybridized carbons (Fsp3) is 0.333. The molecule has 2 bridgehead atoms. The van der Waals surface area contributed by atoms with Crippen molar-refractivity contribution in [2.75, 3.05) is 18.6 Å². The van der Waals surface area contributed by atoms with Gasteiger partial charge in [0, 0.05) is 11.3 Å². The second kappa shape index (κ2) is 6.98. The van der Waals surface area contributed by atoms with E-state index in [9.17, 15) is 4.79 Å². The highest BCUT2D eigenvalue weighted by molar-refractivity contribution is 7.80. The molecule has 3 atom stereocenters. The lowest BCUT2D eigenvalue weighted by atomic mass is 9.79. The Morgan fingerprint density at radius 2 is 2.04 bits per heavy atom. The maximum absolute atomic E-state index is 13.0. The van der Waals surface area contributed by atoms with Crippen molar-refractivity contribution in [1.29, 1.82) is 0 Å². The molecule has 0 spiro atoms. The van der Waals surface area contributed by atoms with Crippen LogP contribution < -0.4 is 19.7 Å². The molecule has 2 aliphatic rings. The van der Waals surface area contributed by atoms with Crippen LogP contribution in [0.5, 0.6) is 11.5 Å². The highest BCUT2D eigenvalue weighted by Crippen LogP contribution is 2.50. The van der Waals surface area contributed by atoms with Crippen LogP contribution in [0.3, 0.4) is 0 Å². The van der Waals surface area contributed by atoms with Gasteiger partial charge in [-0.2, -0.15) is 0 Å². The zero-order valence-electron chi connectivity index (χ0n) is 16.0. The molecule has 7 heteroatoms. The Hall–Kier alpha value is -2.80. The first-order chi connectivity index (χ1) is 13.5. The molecule has 1 fully saturated rings. The Kier molecular flexibility index (Phi) is 4.63. The van der Waals surface area contributed by atoms with Gasteiger partial charge in [0.15, 0.2) is 5.11 Å². The molecule has 1 saturated heterocycles. The first-order valence-electron chi connectivity index (χ1n) is 9.19. The highest BCUT2D eigenvalue weighted by atomic mass is 32.1. The summed E-state index contributed by atoms with van der Waals surface area (Å²) in [6.45, 7) is 3.97. The Bertz CT molecular complexity index is 920. The van der Waals surface area contributed by atoms with Crippen molar-refractivity contribution >= 4 is 29.0 Å². The van der Waals surface area contributed by atoms with Gasteiger partial charge in [0.25, 0.3) is 0 Å². The summed E-state index contributed by atoms with van der Waals surface area (Å²) in [5.41, 5.74) is 0.625. The van der Waals surface area contributed by atoms with E-state index in [1.807, 2.05) is 60.4 Å². The number of esters is 1. The van der Waals surface area contributed by atoms with Crippen LogP contribution in [0.2, 0.25) is 0 Å². The molecule has 2 aliphatic heterocycles. The van der Waals surface area contributed by atoms with Gasteiger partial charge in [0.1, 0.15) is 17.4 Å². The van der Waals surface area contributed by atoms with Crippen molar-refractivity contribution in [3.63, 3.8) is 0 Å². The second-order valence-electron chi connectivity index (χ2n) is 6.89. The molecular weight excluding hydrogens is 376 g/mol. The molecule has 0 aromatic heterocycles. The Labute approximate surface area is 169 Å². The van der Waals surface area contributed by atoms with Crippen molar-refractivity contribution in [1.82, 2.24) is 5.32 Å². The Morgan fingerprint density at radius 1 is 1.29 bits per heavy atom. The SMILES string of the molecule is CCOC(=O)[C@@H]1[C@H]2NC(=S)N(c3ccccc3)[C@@]1(C)Oc1ccc(OC)cc12. The van der Waals surface area contributed by atoms with E-state index in [1.165, 1.54) is 0 Å². The van der Waals surface area contributed by atoms with E-state index < -0.39 is 11.6 Å². The van der Waals surface area contributed by atoms with Gasteiger partial charge in [-0.05, 0) is 56.4 Å². The minimum atomic E-state index is -1.04. The average molecular weight is 398 g/mol. The number of para-hydroxylation sites is 1. The van der Waals surface area contributed by atoms with Crippen LogP contribution in [0.1, 0.15) is 25.5 Å². The number of methoxy groups -OCH3 is 1. The number of nitrogens with one attached hydrogen (secondary N) is 1. The van der Waals surface area contributed by atoms with E-state index in [-0.39, 0.29) is 12.0 Å². The lowest BCUT2D eigenvalue weighted by molar-refractivity contribution is -0.159. The summed E-state index contributed by atoms with van der Waals surface area (Å²) >= 11 is 5.68. The minimum absolute atomic E-state index is 0.291. The summed E-state index contributed by atoms with van der Waals surface area (Å²) in [6, 6.07) is 14.9. The van der Waals surface area contributed by atoms with Gasteiger partial charge in [0.2, 0.25) is 5.72 Å². The van der Waals surface area contributed by atoms with Crippen molar-refractivity contribution in [3.8, 4) is 11.5 Å². The zero-order valence-corrected chi connectivity index (χ0v) is 16.8. The van der Waals surface area contributed by atoms with Gasteiger partial charge in [0.05, 0.1) is 19.8 Å². The van der Waals surface area contributed by atoms with Gasteiger partial charge >= 0.3 is 5.97 Å². The number of hydrogen-bond acceptors (Lipinski definition) is 5. The fourth-order valence-electron chi connectivity index (χ4n) is 4.05. The van der Waals surface area contributed by atoms with Crippen LogP contribution in [0.15, 0.2) is 48.5 Å². The van der Waals surface area contributed by atoms with Crippen LogP contribution in [0.4, 0.5) is 5.69 Å². The van der Waals surface area contributed by atoms with Gasteiger partial charge in [-0.3, -0.25) is 9.69 Å². The van der Waals surface area contributed by atoms with E-state index in [2.05, 4.69) is 5.32 Å². The number of fused-ring (bicyclic) bond motifs is 4. The maximum Gasteiger partial charge on any atom is 0.317 e. The predicted octanol–water partition coefficient (Wildman–Crippen LogP) is 3.42. The van der Waals surface area contributed by atoms with Crippen LogP contribution in [0.25, 0.3) is 0 Å². The van der Waals surface area contributed by atoms with Crippen molar-refractivity contribution in [2.24, 2.45) is 5.92 Å². The standard InChI is InChI=1S/C21H22N2O4S/c1-4-26-19(24)17-18-15-12-14(25-3)10-11-16(15)27-21(17,2)23(20(28)22-18)13-8-6-5-7-9-13/h5-12,17-18H,4H2,1-3H3,(H,22,28)/t17-,18-,21-/m0/s1. The monoisotopic (exact) mass is 398 g/mol. The number of nitrogens with zero attached hydrogens (tertiary/aromatic N) is 1. The van der Waals surface area contributed by atoms with E-state index in [4.69, 9.17) is 26.4 Å². The van der Waals surface area contributed by atoms with Gasteiger partial charge < -0.3 is 19.5 Å². The molecule has 4 rings (SSSR count). The molecule has 2 aromatic rings. The van der Waals surface area contributed by atoms with E-state index in [0.717, 1.165) is 11.3 Å². The maximum atomic E-state index is 13.0. The number of carbonyl (C=O) groups excluding carboxylic acids is 1. The smallest absolute Gasteiger partial charge is 0.317 e. The number of carbonyl (C=O) groups is 1.